The summed E-state index contributed by atoms with van der Waals surface area (Å²) < 4.78 is 0. The van der Waals surface area contributed by atoms with Gasteiger partial charge in [0.2, 0.25) is 0 Å². The molecular formula is C22H28N2O6. The fourth-order valence-electron chi connectivity index (χ4n) is 3.38. The highest BCUT2D eigenvalue weighted by Gasteiger charge is 2.33. The largest absolute Gasteiger partial charge is 0.480 e. The lowest BCUT2D eigenvalue weighted by Gasteiger charge is -2.36. The van der Waals surface area contributed by atoms with E-state index in [-0.39, 0.29) is 39.3 Å². The lowest BCUT2D eigenvalue weighted by Crippen LogP contribution is -2.54. The van der Waals surface area contributed by atoms with Crippen molar-refractivity contribution in [3.63, 3.8) is 0 Å². The second-order valence-electron chi connectivity index (χ2n) is 7.43. The molecule has 0 atom stereocenters. The maximum absolute atomic E-state index is 11.3. The minimum absolute atomic E-state index is 0.129. The SMILES string of the molecule is O=C(O)CN(Cc1ccccc1)CC(O)(CO)CN(CC(=O)O)Cc1ccccc1. The third kappa shape index (κ3) is 8.30. The normalized spacial score (nSPS) is 11.7. The summed E-state index contributed by atoms with van der Waals surface area (Å²) in [4.78, 5) is 25.7. The van der Waals surface area contributed by atoms with Gasteiger partial charge in [0.1, 0.15) is 5.60 Å². The molecule has 8 heteroatoms. The quantitative estimate of drug-likeness (QED) is 0.380. The maximum Gasteiger partial charge on any atom is 0.317 e. The van der Waals surface area contributed by atoms with E-state index in [1.807, 2.05) is 60.7 Å². The molecular weight excluding hydrogens is 388 g/mol. The van der Waals surface area contributed by atoms with E-state index < -0.39 is 24.1 Å². The number of aliphatic carboxylic acids is 2. The van der Waals surface area contributed by atoms with Crippen molar-refractivity contribution >= 4 is 11.9 Å². The van der Waals surface area contributed by atoms with E-state index in [1.165, 1.54) is 9.80 Å². The van der Waals surface area contributed by atoms with Gasteiger partial charge in [-0.2, -0.15) is 0 Å². The van der Waals surface area contributed by atoms with Crippen LogP contribution in [0.15, 0.2) is 60.7 Å². The summed E-state index contributed by atoms with van der Waals surface area (Å²) in [6.45, 7) is -1.00. The number of rotatable bonds is 13. The van der Waals surface area contributed by atoms with Crippen molar-refractivity contribution in [2.24, 2.45) is 0 Å². The van der Waals surface area contributed by atoms with Crippen molar-refractivity contribution < 1.29 is 30.0 Å². The number of benzene rings is 2. The summed E-state index contributed by atoms with van der Waals surface area (Å²) in [7, 11) is 0. The minimum atomic E-state index is -1.70. The molecule has 0 amide bonds. The van der Waals surface area contributed by atoms with E-state index in [9.17, 15) is 30.0 Å². The van der Waals surface area contributed by atoms with E-state index in [2.05, 4.69) is 0 Å². The molecule has 162 valence electrons. The smallest absolute Gasteiger partial charge is 0.317 e. The highest BCUT2D eigenvalue weighted by molar-refractivity contribution is 5.69. The summed E-state index contributed by atoms with van der Waals surface area (Å²) in [6.07, 6.45) is 0. The topological polar surface area (TPSA) is 122 Å². The molecule has 0 heterocycles. The molecule has 0 aromatic heterocycles. The molecule has 0 aliphatic rings. The van der Waals surface area contributed by atoms with Crippen LogP contribution in [0.4, 0.5) is 0 Å². The summed E-state index contributed by atoms with van der Waals surface area (Å²) >= 11 is 0. The second kappa shape index (κ2) is 11.4. The average molecular weight is 416 g/mol. The molecule has 4 N–H and O–H groups in total. The van der Waals surface area contributed by atoms with Crippen molar-refractivity contribution in [3.05, 3.63) is 71.8 Å². The molecule has 2 rings (SSSR count). The monoisotopic (exact) mass is 416 g/mol. The highest BCUT2D eigenvalue weighted by atomic mass is 16.4. The fourth-order valence-corrected chi connectivity index (χ4v) is 3.38. The molecule has 0 bridgehead atoms. The number of carboxylic acids is 2. The zero-order valence-corrected chi connectivity index (χ0v) is 16.7. The third-order valence-corrected chi connectivity index (χ3v) is 4.55. The molecule has 0 saturated carbocycles. The Hall–Kier alpha value is -2.78. The number of hydrogen-bond donors (Lipinski definition) is 4. The second-order valence-corrected chi connectivity index (χ2v) is 7.43. The van der Waals surface area contributed by atoms with Gasteiger partial charge in [0.05, 0.1) is 19.7 Å². The van der Waals surface area contributed by atoms with Gasteiger partial charge in [-0.3, -0.25) is 19.4 Å². The van der Waals surface area contributed by atoms with Crippen molar-refractivity contribution in [3.8, 4) is 0 Å². The van der Waals surface area contributed by atoms with Crippen LogP contribution in [-0.2, 0) is 22.7 Å². The Balaban J connectivity index is 2.15. The molecule has 8 nitrogen and oxygen atoms in total. The number of hydrogen-bond acceptors (Lipinski definition) is 6. The molecule has 2 aromatic carbocycles. The molecule has 0 aliphatic heterocycles. The summed E-state index contributed by atoms with van der Waals surface area (Å²) in [5.74, 6) is -2.12. The maximum atomic E-state index is 11.3. The third-order valence-electron chi connectivity index (χ3n) is 4.55. The number of carboxylic acid groups (broad SMARTS) is 2. The Morgan fingerprint density at radius 3 is 1.40 bits per heavy atom. The fraction of sp³-hybridized carbons (Fsp3) is 0.364. The van der Waals surface area contributed by atoms with Gasteiger partial charge in [-0.25, -0.2) is 0 Å². The number of carbonyl (C=O) groups is 2. The van der Waals surface area contributed by atoms with E-state index in [1.54, 1.807) is 0 Å². The minimum Gasteiger partial charge on any atom is -0.480 e. The predicted molar refractivity (Wildman–Crippen MR) is 111 cm³/mol. The van der Waals surface area contributed by atoms with E-state index in [0.29, 0.717) is 0 Å². The van der Waals surface area contributed by atoms with Crippen LogP contribution in [0, 0.1) is 0 Å². The summed E-state index contributed by atoms with van der Waals surface area (Å²) in [5, 5.41) is 39.4. The van der Waals surface area contributed by atoms with Crippen molar-refractivity contribution in [2.75, 3.05) is 32.8 Å². The van der Waals surface area contributed by atoms with Crippen LogP contribution in [0.5, 0.6) is 0 Å². The van der Waals surface area contributed by atoms with Gasteiger partial charge in [-0.05, 0) is 11.1 Å². The van der Waals surface area contributed by atoms with Gasteiger partial charge in [0.25, 0.3) is 0 Å². The van der Waals surface area contributed by atoms with Crippen molar-refractivity contribution in [2.45, 2.75) is 18.7 Å². The molecule has 0 aliphatic carbocycles. The van der Waals surface area contributed by atoms with Crippen molar-refractivity contribution in [1.82, 2.24) is 9.80 Å². The van der Waals surface area contributed by atoms with Gasteiger partial charge >= 0.3 is 11.9 Å². The van der Waals surface area contributed by atoms with Crippen LogP contribution in [0.3, 0.4) is 0 Å². The molecule has 0 spiro atoms. The first-order valence-electron chi connectivity index (χ1n) is 9.59. The van der Waals surface area contributed by atoms with Crippen LogP contribution in [0.25, 0.3) is 0 Å². The van der Waals surface area contributed by atoms with Gasteiger partial charge in [-0.1, -0.05) is 60.7 Å². The number of aliphatic hydroxyl groups is 2. The van der Waals surface area contributed by atoms with Crippen LogP contribution in [0.1, 0.15) is 11.1 Å². The van der Waals surface area contributed by atoms with E-state index >= 15 is 0 Å². The first-order valence-corrected chi connectivity index (χ1v) is 9.59. The summed E-state index contributed by atoms with van der Waals surface area (Å²) in [5.41, 5.74) is 0.0329. The molecule has 2 aromatic rings. The van der Waals surface area contributed by atoms with Crippen LogP contribution in [0.2, 0.25) is 0 Å². The molecule has 0 unspecified atom stereocenters. The zero-order valence-electron chi connectivity index (χ0n) is 16.7. The first kappa shape index (κ1) is 23.5. The Morgan fingerprint density at radius 2 is 1.10 bits per heavy atom. The highest BCUT2D eigenvalue weighted by Crippen LogP contribution is 2.15. The molecule has 30 heavy (non-hydrogen) atoms. The number of nitrogens with zero attached hydrogens (tertiary/aromatic N) is 2. The van der Waals surface area contributed by atoms with Gasteiger partial charge in [-0.15, -0.1) is 0 Å². The lowest BCUT2D eigenvalue weighted by atomic mass is 10.0. The van der Waals surface area contributed by atoms with Crippen molar-refractivity contribution in [1.29, 1.82) is 0 Å². The Labute approximate surface area is 175 Å². The average Bonchev–Trinajstić information content (AvgIpc) is 2.68. The molecule has 0 saturated heterocycles. The Morgan fingerprint density at radius 1 is 0.733 bits per heavy atom. The van der Waals surface area contributed by atoms with Crippen LogP contribution >= 0.6 is 0 Å². The first-order chi connectivity index (χ1) is 14.3. The van der Waals surface area contributed by atoms with Gasteiger partial charge < -0.3 is 20.4 Å². The van der Waals surface area contributed by atoms with Crippen LogP contribution in [-0.4, -0.2) is 80.6 Å². The summed E-state index contributed by atoms with van der Waals surface area (Å²) in [6, 6.07) is 18.4. The molecule has 0 radical (unpaired) electrons. The predicted octanol–water partition coefficient (Wildman–Crippen LogP) is 0.883. The number of aliphatic hydroxyl groups excluding tert-OH is 1. The van der Waals surface area contributed by atoms with E-state index in [4.69, 9.17) is 0 Å². The van der Waals surface area contributed by atoms with E-state index in [0.717, 1.165) is 11.1 Å². The van der Waals surface area contributed by atoms with Crippen LogP contribution < -0.4 is 0 Å². The Bertz CT molecular complexity index is 736. The van der Waals surface area contributed by atoms with Gasteiger partial charge in [0, 0.05) is 26.2 Å². The van der Waals surface area contributed by atoms with Gasteiger partial charge in [0.15, 0.2) is 0 Å². The zero-order chi connectivity index (χ0) is 22.0. The lowest BCUT2D eigenvalue weighted by molar-refractivity contribution is -0.140. The molecule has 0 fully saturated rings. The Kier molecular flexibility index (Phi) is 8.94. The standard InChI is InChI=1S/C22H28N2O6/c25-17-22(30,15-23(13-20(26)27)11-18-7-3-1-4-8-18)16-24(14-21(28)29)12-19-9-5-2-6-10-19/h1-10,25,30H,11-17H2,(H,26,27)(H,28,29).